The zero-order chi connectivity index (χ0) is 8.77. The average molecular weight is 174 g/mol. The minimum absolute atomic E-state index is 0.0347. The summed E-state index contributed by atoms with van der Waals surface area (Å²) in [6.07, 6.45) is -0.799. The summed E-state index contributed by atoms with van der Waals surface area (Å²) in [6, 6.07) is 0. The van der Waals surface area contributed by atoms with Crippen molar-refractivity contribution in [1.29, 1.82) is 0 Å². The molecule has 2 heterocycles. The van der Waals surface area contributed by atoms with Gasteiger partial charge in [0.05, 0.1) is 13.2 Å². The van der Waals surface area contributed by atoms with Crippen molar-refractivity contribution in [2.75, 3.05) is 13.2 Å². The van der Waals surface area contributed by atoms with E-state index in [1.165, 1.54) is 0 Å². The van der Waals surface area contributed by atoms with E-state index in [1.54, 1.807) is 0 Å². The molecule has 2 fully saturated rings. The molecule has 2 aliphatic heterocycles. The second-order valence-electron chi connectivity index (χ2n) is 3.73. The van der Waals surface area contributed by atoms with Gasteiger partial charge in [0, 0.05) is 0 Å². The van der Waals surface area contributed by atoms with Crippen molar-refractivity contribution in [2.45, 2.75) is 37.9 Å². The molecule has 2 saturated heterocycles. The lowest BCUT2D eigenvalue weighted by molar-refractivity contribution is -0.152. The Bertz CT molecular complexity index is 176. The van der Waals surface area contributed by atoms with Crippen LogP contribution < -0.4 is 0 Å². The van der Waals surface area contributed by atoms with E-state index >= 15 is 0 Å². The maximum atomic E-state index is 9.59. The molecule has 0 aromatic rings. The highest BCUT2D eigenvalue weighted by molar-refractivity contribution is 4.88. The molecule has 2 rings (SSSR count). The van der Waals surface area contributed by atoms with Crippen LogP contribution in [0.4, 0.5) is 0 Å². The number of hydrogen-bond donors (Lipinski definition) is 1. The van der Waals surface area contributed by atoms with Crippen LogP contribution in [0.1, 0.15) is 13.8 Å². The van der Waals surface area contributed by atoms with Crippen molar-refractivity contribution >= 4 is 0 Å². The highest BCUT2D eigenvalue weighted by Gasteiger charge is 2.43. The van der Waals surface area contributed by atoms with Crippen molar-refractivity contribution in [1.82, 2.24) is 0 Å². The van der Waals surface area contributed by atoms with Crippen molar-refractivity contribution in [2.24, 2.45) is 0 Å². The number of hydrogen-bond acceptors (Lipinski definition) is 4. The second-order valence-corrected chi connectivity index (χ2v) is 3.73. The maximum absolute atomic E-state index is 9.59. The zero-order valence-electron chi connectivity index (χ0n) is 7.32. The molecule has 0 spiro atoms. The van der Waals surface area contributed by atoms with Gasteiger partial charge in [-0.15, -0.1) is 0 Å². The minimum atomic E-state index is -0.555. The average Bonchev–Trinajstić information content (AvgIpc) is 2.75. The molecule has 0 saturated carbocycles. The third-order valence-electron chi connectivity index (χ3n) is 2.15. The van der Waals surface area contributed by atoms with E-state index < -0.39 is 11.9 Å². The summed E-state index contributed by atoms with van der Waals surface area (Å²) in [5, 5.41) is 9.59. The lowest BCUT2D eigenvalue weighted by atomic mass is 10.1. The lowest BCUT2D eigenvalue weighted by Crippen LogP contribution is -2.34. The van der Waals surface area contributed by atoms with E-state index in [0.29, 0.717) is 13.2 Å². The summed E-state index contributed by atoms with van der Waals surface area (Å²) in [7, 11) is 0. The Morgan fingerprint density at radius 2 is 2.00 bits per heavy atom. The van der Waals surface area contributed by atoms with Crippen LogP contribution in [0.3, 0.4) is 0 Å². The Kier molecular flexibility index (Phi) is 1.88. The molecule has 70 valence electrons. The highest BCUT2D eigenvalue weighted by Crippen LogP contribution is 2.28. The molecule has 3 unspecified atom stereocenters. The summed E-state index contributed by atoms with van der Waals surface area (Å²) in [4.78, 5) is 0. The summed E-state index contributed by atoms with van der Waals surface area (Å²) in [5.74, 6) is -0.555. The van der Waals surface area contributed by atoms with E-state index in [-0.39, 0.29) is 12.2 Å². The summed E-state index contributed by atoms with van der Waals surface area (Å²) in [5.41, 5.74) is 0. The largest absolute Gasteiger partial charge is 0.388 e. The molecular weight excluding hydrogens is 160 g/mol. The van der Waals surface area contributed by atoms with E-state index in [0.717, 1.165) is 0 Å². The van der Waals surface area contributed by atoms with Crippen molar-refractivity contribution in [3.05, 3.63) is 0 Å². The van der Waals surface area contributed by atoms with E-state index in [1.807, 2.05) is 13.8 Å². The minimum Gasteiger partial charge on any atom is -0.388 e. The van der Waals surface area contributed by atoms with Gasteiger partial charge >= 0.3 is 0 Å². The Labute approximate surface area is 71.4 Å². The molecule has 0 aromatic carbocycles. The van der Waals surface area contributed by atoms with Gasteiger partial charge in [-0.2, -0.15) is 0 Å². The van der Waals surface area contributed by atoms with Crippen LogP contribution in [0, 0.1) is 0 Å². The van der Waals surface area contributed by atoms with Crippen LogP contribution in [0.2, 0.25) is 0 Å². The van der Waals surface area contributed by atoms with Gasteiger partial charge in [0.25, 0.3) is 0 Å². The first-order valence-corrected chi connectivity index (χ1v) is 4.20. The van der Waals surface area contributed by atoms with Crippen molar-refractivity contribution < 1.29 is 19.3 Å². The highest BCUT2D eigenvalue weighted by atomic mass is 16.7. The second kappa shape index (κ2) is 2.67. The fourth-order valence-electron chi connectivity index (χ4n) is 1.38. The van der Waals surface area contributed by atoms with E-state index in [4.69, 9.17) is 14.2 Å². The van der Waals surface area contributed by atoms with Crippen LogP contribution in [-0.4, -0.2) is 42.4 Å². The zero-order valence-corrected chi connectivity index (χ0v) is 7.32. The first-order valence-electron chi connectivity index (χ1n) is 4.20. The summed E-state index contributed by atoms with van der Waals surface area (Å²) >= 11 is 0. The Morgan fingerprint density at radius 3 is 2.42 bits per heavy atom. The Hall–Kier alpha value is -0.160. The number of aliphatic hydroxyl groups excluding tert-OH is 1. The molecule has 0 amide bonds. The molecule has 0 bridgehead atoms. The summed E-state index contributed by atoms with van der Waals surface area (Å²) in [6.45, 7) is 4.77. The molecule has 0 aromatic heterocycles. The molecular formula is C8H14O4. The Balaban J connectivity index is 1.89. The Morgan fingerprint density at radius 1 is 1.33 bits per heavy atom. The molecule has 0 radical (unpaired) electrons. The molecule has 2 aliphatic rings. The first kappa shape index (κ1) is 8.44. The normalized spacial score (nSPS) is 41.2. The number of epoxide rings is 1. The quantitative estimate of drug-likeness (QED) is 0.594. The molecule has 1 N–H and O–H groups in total. The number of ether oxygens (including phenoxy) is 3. The molecule has 12 heavy (non-hydrogen) atoms. The molecule has 4 nitrogen and oxygen atoms in total. The van der Waals surface area contributed by atoms with Crippen LogP contribution in [0.5, 0.6) is 0 Å². The monoisotopic (exact) mass is 174 g/mol. The summed E-state index contributed by atoms with van der Waals surface area (Å²) < 4.78 is 15.7. The van der Waals surface area contributed by atoms with E-state index in [9.17, 15) is 5.11 Å². The van der Waals surface area contributed by atoms with Crippen molar-refractivity contribution in [3.63, 3.8) is 0 Å². The van der Waals surface area contributed by atoms with Crippen LogP contribution in [0.15, 0.2) is 0 Å². The van der Waals surface area contributed by atoms with Gasteiger partial charge in [-0.3, -0.25) is 0 Å². The predicted octanol–water partition coefficient (Wildman–Crippen LogP) is -0.102. The first-order chi connectivity index (χ1) is 5.58. The van der Waals surface area contributed by atoms with Crippen LogP contribution in [0.25, 0.3) is 0 Å². The van der Waals surface area contributed by atoms with Gasteiger partial charge in [0.2, 0.25) is 0 Å². The third kappa shape index (κ3) is 1.61. The number of rotatable bonds is 2. The van der Waals surface area contributed by atoms with Gasteiger partial charge in [-0.1, -0.05) is 0 Å². The van der Waals surface area contributed by atoms with Gasteiger partial charge in [-0.25, -0.2) is 0 Å². The van der Waals surface area contributed by atoms with Gasteiger partial charge in [0.1, 0.15) is 18.3 Å². The maximum Gasteiger partial charge on any atom is 0.163 e. The van der Waals surface area contributed by atoms with Gasteiger partial charge < -0.3 is 19.3 Å². The van der Waals surface area contributed by atoms with Crippen molar-refractivity contribution in [3.8, 4) is 0 Å². The van der Waals surface area contributed by atoms with Gasteiger partial charge in [0.15, 0.2) is 5.79 Å². The predicted molar refractivity (Wildman–Crippen MR) is 40.7 cm³/mol. The van der Waals surface area contributed by atoms with Crippen LogP contribution >= 0.6 is 0 Å². The SMILES string of the molecule is CC1(C)OCC(C(O)C2CO2)O1. The van der Waals surface area contributed by atoms with E-state index in [2.05, 4.69) is 0 Å². The topological polar surface area (TPSA) is 51.2 Å². The smallest absolute Gasteiger partial charge is 0.163 e. The van der Waals surface area contributed by atoms with Gasteiger partial charge in [-0.05, 0) is 13.8 Å². The number of aliphatic hydroxyl groups is 1. The fraction of sp³-hybridized carbons (Fsp3) is 1.00. The van der Waals surface area contributed by atoms with Crippen LogP contribution in [-0.2, 0) is 14.2 Å². The molecule has 0 aliphatic carbocycles. The fourth-order valence-corrected chi connectivity index (χ4v) is 1.38. The molecule has 3 atom stereocenters. The lowest BCUT2D eigenvalue weighted by Gasteiger charge is -2.19. The standard InChI is InChI=1S/C8H14O4/c1-8(2)11-4-6(12-8)7(9)5-3-10-5/h5-7,9H,3-4H2,1-2H3. The third-order valence-corrected chi connectivity index (χ3v) is 2.15. The molecule has 4 heteroatoms.